The Hall–Kier alpha value is -0.470. The third kappa shape index (κ3) is 1.93. The van der Waals surface area contributed by atoms with Crippen LogP contribution in [0.4, 0.5) is 0 Å². The summed E-state index contributed by atoms with van der Waals surface area (Å²) in [6.07, 6.45) is 0.877. The Kier molecular flexibility index (Phi) is 2.82. The molecule has 0 saturated carbocycles. The van der Waals surface area contributed by atoms with E-state index in [1.165, 1.54) is 11.1 Å². The maximum absolute atomic E-state index is 10.7. The molecule has 1 fully saturated rings. The molecule has 0 aromatic heterocycles. The third-order valence-electron chi connectivity index (χ3n) is 3.25. The maximum Gasteiger partial charge on any atom is 0.102 e. The van der Waals surface area contributed by atoms with Crippen molar-refractivity contribution in [2.45, 2.75) is 38.0 Å². The number of hydrogen-bond acceptors (Lipinski definition) is 2. The fourth-order valence-corrected chi connectivity index (χ4v) is 3.65. The van der Waals surface area contributed by atoms with Gasteiger partial charge in [0.25, 0.3) is 0 Å². The zero-order valence-electron chi connectivity index (χ0n) is 9.58. The summed E-state index contributed by atoms with van der Waals surface area (Å²) in [5.41, 5.74) is 2.96. The average Bonchev–Trinajstić information content (AvgIpc) is 2.47. The highest BCUT2D eigenvalue weighted by molar-refractivity contribution is 8.00. The van der Waals surface area contributed by atoms with Crippen molar-refractivity contribution in [2.75, 3.05) is 5.75 Å². The normalized spacial score (nSPS) is 30.8. The number of aliphatic hydroxyl groups is 1. The topological polar surface area (TPSA) is 20.2 Å². The molecule has 0 aliphatic carbocycles. The van der Waals surface area contributed by atoms with E-state index in [0.29, 0.717) is 5.25 Å². The van der Waals surface area contributed by atoms with Gasteiger partial charge in [-0.2, -0.15) is 11.8 Å². The minimum absolute atomic E-state index is 0.304. The number of rotatable bonds is 1. The van der Waals surface area contributed by atoms with Crippen LogP contribution in [0.5, 0.6) is 0 Å². The first kappa shape index (κ1) is 11.0. The van der Waals surface area contributed by atoms with Gasteiger partial charge >= 0.3 is 0 Å². The number of hydrogen-bond donors (Lipinski definition) is 1. The summed E-state index contributed by atoms with van der Waals surface area (Å²) >= 11 is 1.86. The zero-order valence-corrected chi connectivity index (χ0v) is 10.4. The molecule has 0 bridgehead atoms. The van der Waals surface area contributed by atoms with E-state index in [0.717, 1.165) is 17.7 Å². The lowest BCUT2D eigenvalue weighted by atomic mass is 9.87. The van der Waals surface area contributed by atoms with E-state index in [1.54, 1.807) is 0 Å². The molecule has 0 radical (unpaired) electrons. The van der Waals surface area contributed by atoms with Crippen LogP contribution in [0.3, 0.4) is 0 Å². The largest absolute Gasteiger partial charge is 0.384 e. The predicted molar refractivity (Wildman–Crippen MR) is 66.3 cm³/mol. The van der Waals surface area contributed by atoms with Gasteiger partial charge in [0, 0.05) is 5.25 Å². The van der Waals surface area contributed by atoms with Gasteiger partial charge in [-0.05, 0) is 31.6 Å². The van der Waals surface area contributed by atoms with E-state index in [9.17, 15) is 5.11 Å². The summed E-state index contributed by atoms with van der Waals surface area (Å²) in [6, 6.07) is 6.39. The minimum atomic E-state index is -0.610. The van der Waals surface area contributed by atoms with Crippen molar-refractivity contribution in [3.63, 3.8) is 0 Å². The molecule has 1 heterocycles. The quantitative estimate of drug-likeness (QED) is 0.788. The van der Waals surface area contributed by atoms with Crippen molar-refractivity contribution in [3.05, 3.63) is 34.9 Å². The second-order valence-corrected chi connectivity index (χ2v) is 6.01. The number of benzene rings is 1. The molecule has 1 aliphatic heterocycles. The first-order valence-electron chi connectivity index (χ1n) is 5.45. The maximum atomic E-state index is 10.7. The second kappa shape index (κ2) is 3.84. The molecule has 0 amide bonds. The lowest BCUT2D eigenvalue weighted by Crippen LogP contribution is -2.31. The molecular formula is C13H18OS. The van der Waals surface area contributed by atoms with Crippen LogP contribution >= 0.6 is 11.8 Å². The molecule has 1 aliphatic rings. The van der Waals surface area contributed by atoms with Gasteiger partial charge in [0.15, 0.2) is 0 Å². The first-order valence-corrected chi connectivity index (χ1v) is 6.50. The fourth-order valence-electron chi connectivity index (χ4n) is 2.34. The van der Waals surface area contributed by atoms with E-state index in [2.05, 4.69) is 39.0 Å². The van der Waals surface area contributed by atoms with Gasteiger partial charge in [-0.25, -0.2) is 0 Å². The van der Waals surface area contributed by atoms with Crippen LogP contribution in [-0.4, -0.2) is 16.1 Å². The SMILES string of the molecule is Cc1cc(C)cc(C2(O)CCSC2C)c1. The lowest BCUT2D eigenvalue weighted by molar-refractivity contribution is 0.0426. The van der Waals surface area contributed by atoms with Crippen LogP contribution in [0.15, 0.2) is 18.2 Å². The van der Waals surface area contributed by atoms with Crippen LogP contribution < -0.4 is 0 Å². The van der Waals surface area contributed by atoms with Crippen LogP contribution in [0.1, 0.15) is 30.0 Å². The van der Waals surface area contributed by atoms with Gasteiger partial charge in [0.2, 0.25) is 0 Å². The van der Waals surface area contributed by atoms with E-state index in [4.69, 9.17) is 0 Å². The smallest absolute Gasteiger partial charge is 0.102 e. The van der Waals surface area contributed by atoms with Crippen molar-refractivity contribution < 1.29 is 5.11 Å². The summed E-state index contributed by atoms with van der Waals surface area (Å²) in [4.78, 5) is 0. The Labute approximate surface area is 95.9 Å². The van der Waals surface area contributed by atoms with Crippen LogP contribution in [0.2, 0.25) is 0 Å². The third-order valence-corrected chi connectivity index (χ3v) is 4.57. The van der Waals surface area contributed by atoms with Gasteiger partial charge in [0.1, 0.15) is 5.60 Å². The molecule has 1 saturated heterocycles. The molecule has 1 N–H and O–H groups in total. The molecule has 2 unspecified atom stereocenters. The van der Waals surface area contributed by atoms with E-state index in [1.807, 2.05) is 11.8 Å². The lowest BCUT2D eigenvalue weighted by Gasteiger charge is -2.28. The van der Waals surface area contributed by atoms with Crippen molar-refractivity contribution >= 4 is 11.8 Å². The second-order valence-electron chi connectivity index (χ2n) is 4.56. The Balaban J connectivity index is 2.44. The summed E-state index contributed by atoms with van der Waals surface area (Å²) < 4.78 is 0. The molecule has 2 heteroatoms. The number of aryl methyl sites for hydroxylation is 2. The molecule has 0 spiro atoms. The standard InChI is InChI=1S/C13H18OS/c1-9-6-10(2)8-12(7-9)13(14)4-5-15-11(13)3/h6-8,11,14H,4-5H2,1-3H3. The van der Waals surface area contributed by atoms with Crippen LogP contribution in [-0.2, 0) is 5.60 Å². The molecule has 1 nitrogen and oxygen atoms in total. The summed E-state index contributed by atoms with van der Waals surface area (Å²) in [6.45, 7) is 6.30. The van der Waals surface area contributed by atoms with Crippen molar-refractivity contribution in [1.29, 1.82) is 0 Å². The average molecular weight is 222 g/mol. The molecule has 1 aromatic rings. The fraction of sp³-hybridized carbons (Fsp3) is 0.538. The highest BCUT2D eigenvalue weighted by atomic mass is 32.2. The Morgan fingerprint density at radius 3 is 2.33 bits per heavy atom. The molecule has 82 valence electrons. The Morgan fingerprint density at radius 2 is 1.87 bits per heavy atom. The summed E-state index contributed by atoms with van der Waals surface area (Å²) in [7, 11) is 0. The number of thioether (sulfide) groups is 1. The van der Waals surface area contributed by atoms with Gasteiger partial charge in [-0.1, -0.05) is 36.2 Å². The molecule has 15 heavy (non-hydrogen) atoms. The summed E-state index contributed by atoms with van der Waals surface area (Å²) in [5, 5.41) is 11.0. The first-order chi connectivity index (χ1) is 7.02. The van der Waals surface area contributed by atoms with Gasteiger partial charge < -0.3 is 5.11 Å². The van der Waals surface area contributed by atoms with E-state index in [-0.39, 0.29) is 0 Å². The highest BCUT2D eigenvalue weighted by Crippen LogP contribution is 2.43. The minimum Gasteiger partial charge on any atom is -0.384 e. The van der Waals surface area contributed by atoms with Crippen LogP contribution in [0.25, 0.3) is 0 Å². The molecular weight excluding hydrogens is 204 g/mol. The van der Waals surface area contributed by atoms with Crippen molar-refractivity contribution in [2.24, 2.45) is 0 Å². The highest BCUT2D eigenvalue weighted by Gasteiger charge is 2.40. The molecule has 2 rings (SSSR count). The van der Waals surface area contributed by atoms with Crippen molar-refractivity contribution in [3.8, 4) is 0 Å². The monoisotopic (exact) mass is 222 g/mol. The van der Waals surface area contributed by atoms with Gasteiger partial charge in [-0.3, -0.25) is 0 Å². The Bertz CT molecular complexity index is 355. The Morgan fingerprint density at radius 1 is 1.27 bits per heavy atom. The molecule has 2 atom stereocenters. The van der Waals surface area contributed by atoms with E-state index >= 15 is 0 Å². The van der Waals surface area contributed by atoms with E-state index < -0.39 is 5.60 Å². The predicted octanol–water partition coefficient (Wildman–Crippen LogP) is 3.02. The van der Waals surface area contributed by atoms with Crippen molar-refractivity contribution in [1.82, 2.24) is 0 Å². The molecule has 1 aromatic carbocycles. The zero-order chi connectivity index (χ0) is 11.1. The summed E-state index contributed by atoms with van der Waals surface area (Å²) in [5.74, 6) is 1.06. The van der Waals surface area contributed by atoms with Gasteiger partial charge in [-0.15, -0.1) is 0 Å². The van der Waals surface area contributed by atoms with Gasteiger partial charge in [0.05, 0.1) is 0 Å². The van der Waals surface area contributed by atoms with Crippen LogP contribution in [0, 0.1) is 13.8 Å².